The van der Waals surface area contributed by atoms with Gasteiger partial charge in [-0.25, -0.2) is 4.39 Å². The summed E-state index contributed by atoms with van der Waals surface area (Å²) in [6.07, 6.45) is 0. The summed E-state index contributed by atoms with van der Waals surface area (Å²) in [5, 5.41) is 0. The Kier molecular flexibility index (Phi) is 2.51. The van der Waals surface area contributed by atoms with Crippen LogP contribution in [-0.2, 0) is 10.2 Å². The van der Waals surface area contributed by atoms with Crippen LogP contribution >= 0.6 is 0 Å². The monoisotopic (exact) mass is 245 g/mol. The highest BCUT2D eigenvalue weighted by Crippen LogP contribution is 2.26. The molecule has 0 spiro atoms. The molecule has 2 N–H and O–H groups in total. The lowest BCUT2D eigenvalue weighted by Gasteiger charge is -2.18. The van der Waals surface area contributed by atoms with Gasteiger partial charge in [0.05, 0.1) is 11.4 Å². The predicted octanol–water partition coefficient (Wildman–Crippen LogP) is 0.405. The van der Waals surface area contributed by atoms with Crippen LogP contribution in [0.4, 0.5) is 15.8 Å². The van der Waals surface area contributed by atoms with Gasteiger partial charge in [0.25, 0.3) is 0 Å². The van der Waals surface area contributed by atoms with Gasteiger partial charge in [0.2, 0.25) is 0 Å². The number of nitrogens with zero attached hydrogens (tertiary/aromatic N) is 2. The summed E-state index contributed by atoms with van der Waals surface area (Å²) < 4.78 is 39.0. The molecule has 5 nitrogen and oxygen atoms in total. The number of rotatable bonds is 1. The van der Waals surface area contributed by atoms with Crippen LogP contribution in [0.5, 0.6) is 0 Å². The van der Waals surface area contributed by atoms with Gasteiger partial charge in [-0.05, 0) is 18.2 Å². The van der Waals surface area contributed by atoms with E-state index in [-0.39, 0.29) is 5.69 Å². The molecule has 1 heterocycles. The number of benzene rings is 1. The van der Waals surface area contributed by atoms with Crippen LogP contribution in [0.2, 0.25) is 0 Å². The summed E-state index contributed by atoms with van der Waals surface area (Å²) in [4.78, 5) is 0. The van der Waals surface area contributed by atoms with Gasteiger partial charge in [0.15, 0.2) is 0 Å². The Bertz CT molecular complexity index is 517. The Labute approximate surface area is 93.4 Å². The average Bonchev–Trinajstić information content (AvgIpc) is 2.47. The van der Waals surface area contributed by atoms with Crippen molar-refractivity contribution in [3.63, 3.8) is 0 Å². The van der Waals surface area contributed by atoms with Crippen LogP contribution in [0.15, 0.2) is 18.2 Å². The van der Waals surface area contributed by atoms with E-state index >= 15 is 0 Å². The van der Waals surface area contributed by atoms with Crippen molar-refractivity contribution in [2.75, 3.05) is 30.2 Å². The molecule has 0 aliphatic carbocycles. The molecule has 88 valence electrons. The summed E-state index contributed by atoms with van der Waals surface area (Å²) in [5.74, 6) is -0.548. The Hall–Kier alpha value is -1.34. The molecule has 1 fully saturated rings. The molecular formula is C9H12FN3O2S. The van der Waals surface area contributed by atoms with Crippen LogP contribution in [0.25, 0.3) is 0 Å². The third kappa shape index (κ3) is 1.61. The van der Waals surface area contributed by atoms with Crippen molar-refractivity contribution in [3.8, 4) is 0 Å². The SMILES string of the molecule is CN1CCN(c2ccc(F)c(N)c2)S1(=O)=O. The fourth-order valence-corrected chi connectivity index (χ4v) is 2.92. The molecule has 7 heteroatoms. The lowest BCUT2D eigenvalue weighted by atomic mass is 10.2. The first-order chi connectivity index (χ1) is 7.43. The van der Waals surface area contributed by atoms with Gasteiger partial charge in [-0.3, -0.25) is 4.31 Å². The summed E-state index contributed by atoms with van der Waals surface area (Å²) in [6, 6.07) is 3.90. The third-order valence-electron chi connectivity index (χ3n) is 2.56. The number of halogens is 1. The molecule has 0 bridgehead atoms. The maximum Gasteiger partial charge on any atom is 0.303 e. The minimum atomic E-state index is -3.46. The molecule has 1 aliphatic heterocycles. The first kappa shape index (κ1) is 11.2. The second-order valence-electron chi connectivity index (χ2n) is 3.61. The maximum atomic E-state index is 13.0. The number of hydrogen-bond donors (Lipinski definition) is 1. The first-order valence-corrected chi connectivity index (χ1v) is 6.11. The van der Waals surface area contributed by atoms with Crippen LogP contribution in [0.1, 0.15) is 0 Å². The lowest BCUT2D eigenvalue weighted by Crippen LogP contribution is -2.30. The van der Waals surface area contributed by atoms with E-state index in [0.29, 0.717) is 18.8 Å². The van der Waals surface area contributed by atoms with E-state index in [4.69, 9.17) is 5.73 Å². The van der Waals surface area contributed by atoms with Crippen LogP contribution in [0, 0.1) is 5.82 Å². The molecule has 0 aromatic heterocycles. The van der Waals surface area contributed by atoms with E-state index in [9.17, 15) is 12.8 Å². The fourth-order valence-electron chi connectivity index (χ4n) is 1.58. The predicted molar refractivity (Wildman–Crippen MR) is 59.7 cm³/mol. The van der Waals surface area contributed by atoms with E-state index in [1.54, 1.807) is 0 Å². The van der Waals surface area contributed by atoms with Crippen molar-refractivity contribution >= 4 is 21.6 Å². The number of nitrogen functional groups attached to an aromatic ring is 1. The zero-order valence-corrected chi connectivity index (χ0v) is 9.54. The lowest BCUT2D eigenvalue weighted by molar-refractivity contribution is 0.511. The van der Waals surface area contributed by atoms with Crippen LogP contribution in [-0.4, -0.2) is 32.9 Å². The van der Waals surface area contributed by atoms with E-state index < -0.39 is 16.0 Å². The van der Waals surface area contributed by atoms with E-state index in [0.717, 1.165) is 0 Å². The van der Waals surface area contributed by atoms with Gasteiger partial charge < -0.3 is 5.73 Å². The van der Waals surface area contributed by atoms with Crippen molar-refractivity contribution in [1.29, 1.82) is 0 Å². The second kappa shape index (κ2) is 3.60. The Balaban J connectivity index is 2.43. The fraction of sp³-hybridized carbons (Fsp3) is 0.333. The molecule has 0 atom stereocenters. The zero-order chi connectivity index (χ0) is 11.9. The summed E-state index contributed by atoms with van der Waals surface area (Å²) in [5.41, 5.74) is 5.74. The number of hydrogen-bond acceptors (Lipinski definition) is 3. The largest absolute Gasteiger partial charge is 0.396 e. The molecule has 0 radical (unpaired) electrons. The number of nitrogens with two attached hydrogens (primary N) is 1. The standard InChI is InChI=1S/C9H12FN3O2S/c1-12-4-5-13(16(12,14)15)7-2-3-8(10)9(11)6-7/h2-3,6H,4-5,11H2,1H3. The maximum absolute atomic E-state index is 13.0. The smallest absolute Gasteiger partial charge is 0.303 e. The van der Waals surface area contributed by atoms with Gasteiger partial charge in [-0.2, -0.15) is 12.7 Å². The van der Waals surface area contributed by atoms with E-state index in [1.807, 2.05) is 0 Å². The Morgan fingerprint density at radius 3 is 2.56 bits per heavy atom. The molecule has 0 unspecified atom stereocenters. The quantitative estimate of drug-likeness (QED) is 0.728. The highest BCUT2D eigenvalue weighted by atomic mass is 32.2. The highest BCUT2D eigenvalue weighted by Gasteiger charge is 2.33. The molecule has 1 aromatic carbocycles. The molecule has 1 aromatic rings. The summed E-state index contributed by atoms with van der Waals surface area (Å²) >= 11 is 0. The minimum absolute atomic E-state index is 0.0535. The Morgan fingerprint density at radius 2 is 2.06 bits per heavy atom. The van der Waals surface area contributed by atoms with Crippen LogP contribution < -0.4 is 10.0 Å². The van der Waals surface area contributed by atoms with E-state index in [2.05, 4.69) is 0 Å². The van der Waals surface area contributed by atoms with Crippen molar-refractivity contribution in [1.82, 2.24) is 4.31 Å². The van der Waals surface area contributed by atoms with E-state index in [1.165, 1.54) is 33.9 Å². The molecule has 1 aliphatic rings. The first-order valence-electron chi connectivity index (χ1n) is 4.72. The topological polar surface area (TPSA) is 66.6 Å². The van der Waals surface area contributed by atoms with Crippen molar-refractivity contribution in [3.05, 3.63) is 24.0 Å². The zero-order valence-electron chi connectivity index (χ0n) is 8.72. The van der Waals surface area contributed by atoms with Gasteiger partial charge in [-0.15, -0.1) is 0 Å². The van der Waals surface area contributed by atoms with Gasteiger partial charge in [0.1, 0.15) is 5.82 Å². The molecule has 2 rings (SSSR count). The summed E-state index contributed by atoms with van der Waals surface area (Å²) in [6.45, 7) is 0.767. The third-order valence-corrected chi connectivity index (χ3v) is 4.48. The molecule has 0 saturated carbocycles. The minimum Gasteiger partial charge on any atom is -0.396 e. The number of anilines is 2. The second-order valence-corrected chi connectivity index (χ2v) is 5.57. The van der Waals surface area contributed by atoms with Crippen molar-refractivity contribution in [2.45, 2.75) is 0 Å². The van der Waals surface area contributed by atoms with Crippen molar-refractivity contribution in [2.24, 2.45) is 0 Å². The molecule has 0 amide bonds. The molecular weight excluding hydrogens is 233 g/mol. The van der Waals surface area contributed by atoms with Crippen LogP contribution in [0.3, 0.4) is 0 Å². The average molecular weight is 245 g/mol. The molecule has 1 saturated heterocycles. The number of likely N-dealkylation sites (N-methyl/N-ethyl adjacent to an activating group) is 1. The highest BCUT2D eigenvalue weighted by molar-refractivity contribution is 7.90. The van der Waals surface area contributed by atoms with Gasteiger partial charge in [-0.1, -0.05) is 0 Å². The molecule has 16 heavy (non-hydrogen) atoms. The van der Waals surface area contributed by atoms with Gasteiger partial charge >= 0.3 is 10.2 Å². The normalized spacial score (nSPS) is 20.2. The van der Waals surface area contributed by atoms with Crippen molar-refractivity contribution < 1.29 is 12.8 Å². The van der Waals surface area contributed by atoms with Gasteiger partial charge in [0, 0.05) is 20.1 Å². The Morgan fingerprint density at radius 1 is 1.38 bits per heavy atom. The summed E-state index contributed by atoms with van der Waals surface area (Å²) in [7, 11) is -1.96.